The molecule has 1 aliphatic heterocycles. The molecule has 1 atom stereocenters. The third kappa shape index (κ3) is 3.01. The van der Waals surface area contributed by atoms with E-state index in [2.05, 4.69) is 36.5 Å². The number of hydrogen-bond donors (Lipinski definition) is 2. The van der Waals surface area contributed by atoms with Crippen LogP contribution >= 0.6 is 15.9 Å². The second kappa shape index (κ2) is 6.85. The van der Waals surface area contributed by atoms with Crippen molar-refractivity contribution >= 4 is 33.5 Å². The highest BCUT2D eigenvalue weighted by atomic mass is 79.9. The first-order valence-corrected chi connectivity index (χ1v) is 7.28. The molecule has 0 aromatic carbocycles. The van der Waals surface area contributed by atoms with Gasteiger partial charge in [0.05, 0.1) is 13.2 Å². The summed E-state index contributed by atoms with van der Waals surface area (Å²) in [5, 5.41) is 5.82. The third-order valence-electron chi connectivity index (χ3n) is 3.06. The molecule has 0 aliphatic carbocycles. The summed E-state index contributed by atoms with van der Waals surface area (Å²) in [7, 11) is 1.62. The van der Waals surface area contributed by atoms with Crippen molar-refractivity contribution in [2.75, 3.05) is 43.6 Å². The Morgan fingerprint density at radius 3 is 3.10 bits per heavy atom. The quantitative estimate of drug-likeness (QED) is 0.834. The molecule has 1 aromatic rings. The zero-order valence-corrected chi connectivity index (χ0v) is 13.1. The lowest BCUT2D eigenvalue weighted by atomic mass is 10.2. The predicted octanol–water partition coefficient (Wildman–Crippen LogP) is 0.622. The second-order valence-electron chi connectivity index (χ2n) is 4.29. The molecule has 1 aromatic heterocycles. The van der Waals surface area contributed by atoms with Gasteiger partial charge in [0.2, 0.25) is 5.91 Å². The van der Waals surface area contributed by atoms with Gasteiger partial charge >= 0.3 is 0 Å². The van der Waals surface area contributed by atoms with Crippen LogP contribution in [0.15, 0.2) is 10.8 Å². The molecule has 1 amide bonds. The minimum absolute atomic E-state index is 0.0831. The molecule has 0 bridgehead atoms. The highest BCUT2D eigenvalue weighted by molar-refractivity contribution is 9.10. The summed E-state index contributed by atoms with van der Waals surface area (Å²) in [6.07, 6.45) is 1.49. The van der Waals surface area contributed by atoms with Crippen molar-refractivity contribution in [2.24, 2.45) is 0 Å². The van der Waals surface area contributed by atoms with Gasteiger partial charge in [0.25, 0.3) is 0 Å². The first-order chi connectivity index (χ1) is 9.69. The molecule has 0 saturated carbocycles. The Hall–Kier alpha value is -1.41. The third-order valence-corrected chi connectivity index (χ3v) is 3.80. The molecular formula is C12H18BrN5O2. The molecule has 110 valence electrons. The number of morpholine rings is 1. The average Bonchev–Trinajstić information content (AvgIpc) is 2.49. The molecule has 1 aliphatic rings. The fourth-order valence-corrected chi connectivity index (χ4v) is 2.67. The Morgan fingerprint density at radius 2 is 2.40 bits per heavy atom. The molecule has 2 rings (SSSR count). The highest BCUT2D eigenvalue weighted by Gasteiger charge is 2.31. The van der Waals surface area contributed by atoms with Crippen LogP contribution in [0.3, 0.4) is 0 Å². The van der Waals surface area contributed by atoms with Crippen molar-refractivity contribution in [2.45, 2.75) is 13.0 Å². The van der Waals surface area contributed by atoms with Crippen molar-refractivity contribution in [3.63, 3.8) is 0 Å². The highest BCUT2D eigenvalue weighted by Crippen LogP contribution is 2.31. The van der Waals surface area contributed by atoms with E-state index in [0.717, 1.165) is 16.8 Å². The summed E-state index contributed by atoms with van der Waals surface area (Å²) < 4.78 is 6.16. The summed E-state index contributed by atoms with van der Waals surface area (Å²) in [4.78, 5) is 22.4. The van der Waals surface area contributed by atoms with Crippen LogP contribution in [-0.4, -0.2) is 55.3 Å². The summed E-state index contributed by atoms with van der Waals surface area (Å²) >= 11 is 3.51. The standard InChI is InChI=1S/C12H18BrN5O2/c1-3-15-10-9(13)11(17-7-16-10)18-4-5-20-6-8(18)12(19)14-2/h7-8H,3-6H2,1-2H3,(H,14,19)(H,15,16,17). The van der Waals surface area contributed by atoms with Gasteiger partial charge in [0.15, 0.2) is 0 Å². The Balaban J connectivity index is 2.32. The molecule has 1 unspecified atom stereocenters. The number of carbonyl (C=O) groups is 1. The molecule has 1 fully saturated rings. The van der Waals surface area contributed by atoms with E-state index in [1.807, 2.05) is 11.8 Å². The molecule has 0 radical (unpaired) electrons. The smallest absolute Gasteiger partial charge is 0.244 e. The number of amides is 1. The van der Waals surface area contributed by atoms with E-state index in [4.69, 9.17) is 4.74 Å². The number of likely N-dealkylation sites (N-methyl/N-ethyl adjacent to an activating group) is 1. The lowest BCUT2D eigenvalue weighted by molar-refractivity contribution is -0.124. The van der Waals surface area contributed by atoms with E-state index in [9.17, 15) is 4.79 Å². The Bertz CT molecular complexity index is 485. The summed E-state index contributed by atoms with van der Waals surface area (Å²) in [5.74, 6) is 1.34. The molecular weight excluding hydrogens is 326 g/mol. The number of nitrogens with zero attached hydrogens (tertiary/aromatic N) is 3. The van der Waals surface area contributed by atoms with E-state index in [0.29, 0.717) is 25.6 Å². The molecule has 8 heteroatoms. The van der Waals surface area contributed by atoms with Gasteiger partial charge in [0, 0.05) is 20.1 Å². The first kappa shape index (κ1) is 15.0. The zero-order valence-electron chi connectivity index (χ0n) is 11.5. The van der Waals surface area contributed by atoms with E-state index in [1.165, 1.54) is 6.33 Å². The van der Waals surface area contributed by atoms with Crippen LogP contribution in [0.25, 0.3) is 0 Å². The summed E-state index contributed by atoms with van der Waals surface area (Å²) in [5.41, 5.74) is 0. The number of anilines is 2. The SMILES string of the molecule is CCNc1ncnc(N2CCOCC2C(=O)NC)c1Br. The maximum absolute atomic E-state index is 12.0. The van der Waals surface area contributed by atoms with E-state index in [1.54, 1.807) is 7.05 Å². The van der Waals surface area contributed by atoms with E-state index < -0.39 is 0 Å². The first-order valence-electron chi connectivity index (χ1n) is 6.49. The number of aromatic nitrogens is 2. The van der Waals surface area contributed by atoms with Gasteiger partial charge in [-0.1, -0.05) is 0 Å². The predicted molar refractivity (Wildman–Crippen MR) is 79.9 cm³/mol. The maximum Gasteiger partial charge on any atom is 0.244 e. The lowest BCUT2D eigenvalue weighted by Gasteiger charge is -2.35. The van der Waals surface area contributed by atoms with Gasteiger partial charge in [-0.25, -0.2) is 9.97 Å². The number of carbonyl (C=O) groups excluding carboxylic acids is 1. The number of rotatable bonds is 4. The number of nitrogens with one attached hydrogen (secondary N) is 2. The molecule has 0 spiro atoms. The molecule has 7 nitrogen and oxygen atoms in total. The second-order valence-corrected chi connectivity index (χ2v) is 5.08. The lowest BCUT2D eigenvalue weighted by Crippen LogP contribution is -2.53. The molecule has 2 heterocycles. The van der Waals surface area contributed by atoms with Crippen molar-refractivity contribution in [3.8, 4) is 0 Å². The minimum Gasteiger partial charge on any atom is -0.377 e. The van der Waals surface area contributed by atoms with Gasteiger partial charge in [0.1, 0.15) is 28.5 Å². The Labute approximate surface area is 126 Å². The van der Waals surface area contributed by atoms with Crippen molar-refractivity contribution in [1.29, 1.82) is 0 Å². The monoisotopic (exact) mass is 343 g/mol. The number of ether oxygens (including phenoxy) is 1. The number of halogens is 1. The Kier molecular flexibility index (Phi) is 5.13. The van der Waals surface area contributed by atoms with Crippen LogP contribution in [0.1, 0.15) is 6.92 Å². The van der Waals surface area contributed by atoms with Crippen molar-refractivity contribution in [3.05, 3.63) is 10.8 Å². The summed E-state index contributed by atoms with van der Waals surface area (Å²) in [6, 6.07) is -0.380. The topological polar surface area (TPSA) is 79.4 Å². The van der Waals surface area contributed by atoms with Crippen LogP contribution in [0.5, 0.6) is 0 Å². The van der Waals surface area contributed by atoms with Crippen LogP contribution in [0, 0.1) is 0 Å². The van der Waals surface area contributed by atoms with Crippen LogP contribution < -0.4 is 15.5 Å². The van der Waals surface area contributed by atoms with Crippen molar-refractivity contribution in [1.82, 2.24) is 15.3 Å². The molecule has 1 saturated heterocycles. The van der Waals surface area contributed by atoms with Crippen LogP contribution in [-0.2, 0) is 9.53 Å². The van der Waals surface area contributed by atoms with Gasteiger partial charge in [-0.3, -0.25) is 4.79 Å². The zero-order chi connectivity index (χ0) is 14.5. The maximum atomic E-state index is 12.0. The minimum atomic E-state index is -0.380. The Morgan fingerprint density at radius 1 is 1.60 bits per heavy atom. The van der Waals surface area contributed by atoms with Gasteiger partial charge in [-0.15, -0.1) is 0 Å². The average molecular weight is 344 g/mol. The fourth-order valence-electron chi connectivity index (χ4n) is 2.09. The number of hydrogen-bond acceptors (Lipinski definition) is 6. The van der Waals surface area contributed by atoms with E-state index >= 15 is 0 Å². The normalized spacial score (nSPS) is 18.8. The summed E-state index contributed by atoms with van der Waals surface area (Å²) in [6.45, 7) is 4.29. The molecule has 20 heavy (non-hydrogen) atoms. The van der Waals surface area contributed by atoms with Crippen molar-refractivity contribution < 1.29 is 9.53 Å². The fraction of sp³-hybridized carbons (Fsp3) is 0.583. The molecule has 2 N–H and O–H groups in total. The van der Waals surface area contributed by atoms with Gasteiger partial charge < -0.3 is 20.3 Å². The van der Waals surface area contributed by atoms with Gasteiger partial charge in [-0.2, -0.15) is 0 Å². The largest absolute Gasteiger partial charge is 0.377 e. The van der Waals surface area contributed by atoms with Crippen LogP contribution in [0.4, 0.5) is 11.6 Å². The van der Waals surface area contributed by atoms with E-state index in [-0.39, 0.29) is 11.9 Å². The van der Waals surface area contributed by atoms with Gasteiger partial charge in [-0.05, 0) is 22.9 Å². The van der Waals surface area contributed by atoms with Crippen LogP contribution in [0.2, 0.25) is 0 Å².